The number of amides is 1. The van der Waals surface area contributed by atoms with Gasteiger partial charge in [-0.05, 0) is 69.6 Å². The number of hydrazone groups is 1. The zero-order valence-corrected chi connectivity index (χ0v) is 17.2. The van der Waals surface area contributed by atoms with Crippen molar-refractivity contribution in [3.63, 3.8) is 0 Å². The second-order valence-corrected chi connectivity index (χ2v) is 9.65. The van der Waals surface area contributed by atoms with Crippen LogP contribution in [0.4, 0.5) is 0 Å². The third-order valence-electron chi connectivity index (χ3n) is 7.41. The Labute approximate surface area is 160 Å². The molecule has 1 amide bonds. The van der Waals surface area contributed by atoms with Gasteiger partial charge in [0.1, 0.15) is 0 Å². The van der Waals surface area contributed by atoms with Crippen molar-refractivity contribution in [3.8, 4) is 0 Å². The first-order chi connectivity index (χ1) is 12.6. The molecule has 0 unspecified atom stereocenters. The molecule has 4 bridgehead atoms. The smallest absolute Gasteiger partial charge is 0.240 e. The van der Waals surface area contributed by atoms with Crippen molar-refractivity contribution in [2.75, 3.05) is 0 Å². The molecule has 3 heteroatoms. The van der Waals surface area contributed by atoms with E-state index in [1.165, 1.54) is 89.2 Å². The highest BCUT2D eigenvalue weighted by Gasteiger charge is 2.52. The van der Waals surface area contributed by atoms with Crippen LogP contribution in [0.1, 0.15) is 110 Å². The fourth-order valence-corrected chi connectivity index (χ4v) is 6.29. The van der Waals surface area contributed by atoms with Gasteiger partial charge in [0.2, 0.25) is 5.91 Å². The van der Waals surface area contributed by atoms with Gasteiger partial charge in [-0.1, -0.05) is 51.9 Å². The molecule has 4 fully saturated rings. The molecule has 1 N–H and O–H groups in total. The van der Waals surface area contributed by atoms with Gasteiger partial charge in [0.25, 0.3) is 0 Å². The average molecular weight is 361 g/mol. The summed E-state index contributed by atoms with van der Waals surface area (Å²) in [6, 6.07) is 0. The van der Waals surface area contributed by atoms with Gasteiger partial charge >= 0.3 is 0 Å². The van der Waals surface area contributed by atoms with Crippen LogP contribution in [0.2, 0.25) is 0 Å². The summed E-state index contributed by atoms with van der Waals surface area (Å²) in [5, 5.41) is 4.58. The Bertz CT molecular complexity index is 461. The normalized spacial score (nSPS) is 32.8. The Hall–Kier alpha value is -0.860. The minimum absolute atomic E-state index is 0.111. The van der Waals surface area contributed by atoms with Crippen LogP contribution in [-0.4, -0.2) is 11.6 Å². The van der Waals surface area contributed by atoms with E-state index >= 15 is 0 Å². The van der Waals surface area contributed by atoms with E-state index in [0.717, 1.165) is 24.2 Å². The quantitative estimate of drug-likeness (QED) is 0.265. The van der Waals surface area contributed by atoms with Gasteiger partial charge in [0, 0.05) is 17.5 Å². The Morgan fingerprint density at radius 3 is 1.92 bits per heavy atom. The van der Waals surface area contributed by atoms with E-state index in [1.54, 1.807) is 0 Å². The van der Waals surface area contributed by atoms with Gasteiger partial charge in [0.05, 0.1) is 0 Å². The third-order valence-corrected chi connectivity index (χ3v) is 7.41. The lowest BCUT2D eigenvalue weighted by molar-refractivity contribution is -0.121. The van der Waals surface area contributed by atoms with Gasteiger partial charge in [-0.25, -0.2) is 5.43 Å². The first kappa shape index (κ1) is 19.9. The minimum Gasteiger partial charge on any atom is -0.273 e. The summed E-state index contributed by atoms with van der Waals surface area (Å²) in [6.07, 6.45) is 19.1. The van der Waals surface area contributed by atoms with Gasteiger partial charge in [-0.15, -0.1) is 0 Å². The number of carbonyl (C=O) groups excluding carboxylic acids is 1. The van der Waals surface area contributed by atoms with E-state index in [4.69, 9.17) is 0 Å². The number of nitrogens with one attached hydrogen (secondary N) is 1. The topological polar surface area (TPSA) is 41.5 Å². The molecule has 148 valence electrons. The van der Waals surface area contributed by atoms with Crippen LogP contribution < -0.4 is 5.43 Å². The summed E-state index contributed by atoms with van der Waals surface area (Å²) in [5.41, 5.74) is 4.40. The highest BCUT2D eigenvalue weighted by molar-refractivity contribution is 5.89. The van der Waals surface area contributed by atoms with E-state index in [1.807, 2.05) is 0 Å². The minimum atomic E-state index is 0.111. The van der Waals surface area contributed by atoms with E-state index in [0.29, 0.717) is 11.8 Å². The SMILES string of the molecule is CCCCCCCCCCC(=O)N/N=C(/C)C12CC3CC(CC(C3)C1)C2. The van der Waals surface area contributed by atoms with Gasteiger partial charge in [-0.3, -0.25) is 4.79 Å². The molecule has 0 heterocycles. The first-order valence-electron chi connectivity index (χ1n) is 11.4. The molecule has 3 nitrogen and oxygen atoms in total. The lowest BCUT2D eigenvalue weighted by Crippen LogP contribution is -2.49. The molecule has 0 aliphatic heterocycles. The highest BCUT2D eigenvalue weighted by Crippen LogP contribution is 2.60. The molecule has 4 rings (SSSR count). The lowest BCUT2D eigenvalue weighted by Gasteiger charge is -2.56. The van der Waals surface area contributed by atoms with Crippen LogP contribution in [0.15, 0.2) is 5.10 Å². The van der Waals surface area contributed by atoms with Gasteiger partial charge in [0.15, 0.2) is 0 Å². The Balaban J connectivity index is 1.33. The summed E-state index contributed by atoms with van der Waals surface area (Å²) >= 11 is 0. The first-order valence-corrected chi connectivity index (χ1v) is 11.4. The molecule has 0 aromatic carbocycles. The number of rotatable bonds is 11. The summed E-state index contributed by atoms with van der Waals surface area (Å²) < 4.78 is 0. The number of nitrogens with zero attached hydrogens (tertiary/aromatic N) is 1. The van der Waals surface area contributed by atoms with Crippen molar-refractivity contribution >= 4 is 11.6 Å². The second-order valence-electron chi connectivity index (χ2n) is 9.65. The Kier molecular flexibility index (Phi) is 7.17. The van der Waals surface area contributed by atoms with Crippen molar-refractivity contribution in [2.45, 2.75) is 110 Å². The standard InChI is InChI=1S/C23H40N2O/c1-3-4-5-6-7-8-9-10-11-22(26)25-24-18(2)23-15-19-12-20(16-23)14-21(13-19)17-23/h19-21H,3-17H2,1-2H3,(H,25,26)/b24-18-. The van der Waals surface area contributed by atoms with Crippen LogP contribution >= 0.6 is 0 Å². The Morgan fingerprint density at radius 2 is 1.38 bits per heavy atom. The van der Waals surface area contributed by atoms with Crippen LogP contribution in [0.25, 0.3) is 0 Å². The summed E-state index contributed by atoms with van der Waals surface area (Å²) in [5.74, 6) is 2.90. The zero-order chi connectivity index (χ0) is 18.4. The molecule has 4 aliphatic rings. The lowest BCUT2D eigenvalue weighted by atomic mass is 9.48. The van der Waals surface area contributed by atoms with E-state index in [9.17, 15) is 4.79 Å². The summed E-state index contributed by atoms with van der Waals surface area (Å²) in [4.78, 5) is 12.1. The second kappa shape index (κ2) is 9.37. The molecule has 0 radical (unpaired) electrons. The van der Waals surface area contributed by atoms with Crippen molar-refractivity contribution in [3.05, 3.63) is 0 Å². The molecule has 0 saturated heterocycles. The average Bonchev–Trinajstić information content (AvgIpc) is 2.60. The molecule has 4 saturated carbocycles. The maximum Gasteiger partial charge on any atom is 0.240 e. The molecule has 0 aromatic heterocycles. The molecule has 26 heavy (non-hydrogen) atoms. The fourth-order valence-electron chi connectivity index (χ4n) is 6.29. The Morgan fingerprint density at radius 1 is 0.885 bits per heavy atom. The van der Waals surface area contributed by atoms with Crippen molar-refractivity contribution in [1.82, 2.24) is 5.43 Å². The van der Waals surface area contributed by atoms with Gasteiger partial charge < -0.3 is 0 Å². The summed E-state index contributed by atoms with van der Waals surface area (Å²) in [6.45, 7) is 4.43. The zero-order valence-electron chi connectivity index (χ0n) is 17.2. The van der Waals surface area contributed by atoms with Crippen molar-refractivity contribution in [1.29, 1.82) is 0 Å². The maximum absolute atomic E-state index is 12.1. The number of hydrogen-bond donors (Lipinski definition) is 1. The monoisotopic (exact) mass is 360 g/mol. The third kappa shape index (κ3) is 5.10. The predicted octanol–water partition coefficient (Wildman–Crippen LogP) is 6.23. The molecule has 0 atom stereocenters. The van der Waals surface area contributed by atoms with E-state index in [-0.39, 0.29) is 5.91 Å². The van der Waals surface area contributed by atoms with Crippen LogP contribution in [0, 0.1) is 23.2 Å². The number of carbonyl (C=O) groups is 1. The molecule has 0 aromatic rings. The predicted molar refractivity (Wildman–Crippen MR) is 109 cm³/mol. The van der Waals surface area contributed by atoms with Crippen molar-refractivity contribution < 1.29 is 4.79 Å². The highest BCUT2D eigenvalue weighted by atomic mass is 16.2. The van der Waals surface area contributed by atoms with Crippen molar-refractivity contribution in [2.24, 2.45) is 28.3 Å². The van der Waals surface area contributed by atoms with Crippen LogP contribution in [0.5, 0.6) is 0 Å². The number of hydrogen-bond acceptors (Lipinski definition) is 2. The molecule has 4 aliphatic carbocycles. The van der Waals surface area contributed by atoms with Gasteiger partial charge in [-0.2, -0.15) is 5.10 Å². The van der Waals surface area contributed by atoms with Crippen LogP contribution in [0.3, 0.4) is 0 Å². The fraction of sp³-hybridized carbons (Fsp3) is 0.913. The largest absolute Gasteiger partial charge is 0.273 e. The molecular formula is C23H40N2O. The molecule has 0 spiro atoms. The molecular weight excluding hydrogens is 320 g/mol. The van der Waals surface area contributed by atoms with E-state index < -0.39 is 0 Å². The summed E-state index contributed by atoms with van der Waals surface area (Å²) in [7, 11) is 0. The maximum atomic E-state index is 12.1. The van der Waals surface area contributed by atoms with Crippen LogP contribution in [-0.2, 0) is 4.79 Å². The van der Waals surface area contributed by atoms with E-state index in [2.05, 4.69) is 24.4 Å². The number of unbranched alkanes of at least 4 members (excludes halogenated alkanes) is 7.